The van der Waals surface area contributed by atoms with Crippen molar-refractivity contribution < 1.29 is 14.3 Å². The van der Waals surface area contributed by atoms with Crippen molar-refractivity contribution in [3.63, 3.8) is 0 Å². The minimum atomic E-state index is -0.507. The van der Waals surface area contributed by atoms with E-state index in [4.69, 9.17) is 10.5 Å². The summed E-state index contributed by atoms with van der Waals surface area (Å²) in [7, 11) is 0. The Balaban J connectivity index is 1.66. The molecule has 0 saturated carbocycles. The lowest BCUT2D eigenvalue weighted by molar-refractivity contribution is -0.118. The number of hydrogen-bond acceptors (Lipinski definition) is 3. The molecule has 1 aromatic heterocycles. The molecule has 3 aromatic rings. The Hall–Kier alpha value is -3.28. The molecule has 0 aliphatic heterocycles. The van der Waals surface area contributed by atoms with Gasteiger partial charge in [-0.1, -0.05) is 6.07 Å². The van der Waals surface area contributed by atoms with Gasteiger partial charge in [-0.3, -0.25) is 9.59 Å². The number of anilines is 1. The zero-order valence-corrected chi connectivity index (χ0v) is 14.7. The molecule has 6 heteroatoms. The SMILES string of the molecule is CC(C)n1ccc2c(OCC(=O)Nc3ccc(C(N)=O)cc3)cccc21. The van der Waals surface area contributed by atoms with Crippen molar-refractivity contribution >= 4 is 28.4 Å². The third-order valence-corrected chi connectivity index (χ3v) is 4.09. The Kier molecular flexibility index (Phi) is 4.93. The second kappa shape index (κ2) is 7.31. The molecule has 0 saturated heterocycles. The van der Waals surface area contributed by atoms with Crippen LogP contribution >= 0.6 is 0 Å². The summed E-state index contributed by atoms with van der Waals surface area (Å²) in [5.41, 5.74) is 7.23. The van der Waals surface area contributed by atoms with Gasteiger partial charge in [0.25, 0.3) is 5.91 Å². The van der Waals surface area contributed by atoms with Gasteiger partial charge in [-0.15, -0.1) is 0 Å². The fraction of sp³-hybridized carbons (Fsp3) is 0.200. The summed E-state index contributed by atoms with van der Waals surface area (Å²) in [5.74, 6) is -0.120. The van der Waals surface area contributed by atoms with E-state index in [1.807, 2.05) is 30.5 Å². The van der Waals surface area contributed by atoms with Gasteiger partial charge >= 0.3 is 0 Å². The number of carbonyl (C=O) groups is 2. The number of amides is 2. The van der Waals surface area contributed by atoms with Crippen molar-refractivity contribution in [2.24, 2.45) is 5.73 Å². The number of primary amides is 1. The summed E-state index contributed by atoms with van der Waals surface area (Å²) >= 11 is 0. The summed E-state index contributed by atoms with van der Waals surface area (Å²) in [6, 6.07) is 14.5. The maximum Gasteiger partial charge on any atom is 0.262 e. The number of rotatable bonds is 6. The van der Waals surface area contributed by atoms with Crippen LogP contribution in [0.5, 0.6) is 5.75 Å². The molecular weight excluding hydrogens is 330 g/mol. The third-order valence-electron chi connectivity index (χ3n) is 4.09. The van der Waals surface area contributed by atoms with Gasteiger partial charge in [0.2, 0.25) is 5.91 Å². The lowest BCUT2D eigenvalue weighted by atomic mass is 10.2. The standard InChI is InChI=1S/C20H21N3O3/c1-13(2)23-11-10-16-17(23)4-3-5-18(16)26-12-19(24)22-15-8-6-14(7-9-15)20(21)25/h3-11,13H,12H2,1-2H3,(H2,21,25)(H,22,24). The Labute approximate surface area is 151 Å². The van der Waals surface area contributed by atoms with E-state index >= 15 is 0 Å². The second-order valence-corrected chi connectivity index (χ2v) is 6.28. The number of nitrogens with two attached hydrogens (primary N) is 1. The smallest absolute Gasteiger partial charge is 0.262 e. The fourth-order valence-electron chi connectivity index (χ4n) is 2.79. The first-order valence-corrected chi connectivity index (χ1v) is 8.38. The molecule has 3 N–H and O–H groups in total. The highest BCUT2D eigenvalue weighted by atomic mass is 16.5. The fourth-order valence-corrected chi connectivity index (χ4v) is 2.79. The van der Waals surface area contributed by atoms with Gasteiger partial charge in [-0.05, 0) is 56.3 Å². The molecule has 6 nitrogen and oxygen atoms in total. The Morgan fingerprint density at radius 3 is 2.50 bits per heavy atom. The summed E-state index contributed by atoms with van der Waals surface area (Å²) in [6.07, 6.45) is 2.02. The van der Waals surface area contributed by atoms with Gasteiger partial charge in [0.15, 0.2) is 6.61 Å². The highest BCUT2D eigenvalue weighted by Gasteiger charge is 2.10. The molecule has 0 unspecified atom stereocenters. The Bertz CT molecular complexity index is 943. The molecule has 0 radical (unpaired) electrons. The molecule has 3 rings (SSSR count). The summed E-state index contributed by atoms with van der Waals surface area (Å²) < 4.78 is 7.86. The molecular formula is C20H21N3O3. The normalized spacial score (nSPS) is 10.9. The van der Waals surface area contributed by atoms with Gasteiger partial charge in [0.1, 0.15) is 5.75 Å². The molecule has 0 fully saturated rings. The molecule has 0 atom stereocenters. The Morgan fingerprint density at radius 2 is 1.85 bits per heavy atom. The number of aromatic nitrogens is 1. The quantitative estimate of drug-likeness (QED) is 0.714. The first-order chi connectivity index (χ1) is 12.5. The minimum absolute atomic E-state index is 0.108. The second-order valence-electron chi connectivity index (χ2n) is 6.28. The molecule has 134 valence electrons. The average Bonchev–Trinajstić information content (AvgIpc) is 3.05. The maximum atomic E-state index is 12.1. The van der Waals surface area contributed by atoms with Gasteiger partial charge in [0, 0.05) is 28.9 Å². The van der Waals surface area contributed by atoms with Gasteiger partial charge in [-0.2, -0.15) is 0 Å². The van der Waals surface area contributed by atoms with E-state index in [1.165, 1.54) is 0 Å². The predicted octanol–water partition coefficient (Wildman–Crippen LogP) is 3.34. The van der Waals surface area contributed by atoms with Crippen molar-refractivity contribution in [1.29, 1.82) is 0 Å². The van der Waals surface area contributed by atoms with Crippen LogP contribution in [0.1, 0.15) is 30.2 Å². The van der Waals surface area contributed by atoms with E-state index in [2.05, 4.69) is 23.7 Å². The monoisotopic (exact) mass is 351 g/mol. The lowest BCUT2D eigenvalue weighted by Gasteiger charge is -2.11. The number of ether oxygens (including phenoxy) is 1. The van der Waals surface area contributed by atoms with E-state index in [0.717, 1.165) is 10.9 Å². The number of hydrogen-bond donors (Lipinski definition) is 2. The molecule has 1 heterocycles. The van der Waals surface area contributed by atoms with Crippen molar-refractivity contribution in [3.05, 3.63) is 60.3 Å². The highest BCUT2D eigenvalue weighted by Crippen LogP contribution is 2.28. The first kappa shape index (κ1) is 17.5. The van der Waals surface area contributed by atoms with Crippen molar-refractivity contribution in [3.8, 4) is 5.75 Å². The Morgan fingerprint density at radius 1 is 1.12 bits per heavy atom. The molecule has 2 aromatic carbocycles. The van der Waals surface area contributed by atoms with E-state index in [9.17, 15) is 9.59 Å². The molecule has 0 aliphatic rings. The first-order valence-electron chi connectivity index (χ1n) is 8.38. The van der Waals surface area contributed by atoms with Crippen LogP contribution in [0.25, 0.3) is 10.9 Å². The topological polar surface area (TPSA) is 86.3 Å². The summed E-state index contributed by atoms with van der Waals surface area (Å²) in [6.45, 7) is 4.12. The van der Waals surface area contributed by atoms with Crippen molar-refractivity contribution in [1.82, 2.24) is 4.57 Å². The molecule has 2 amide bonds. The van der Waals surface area contributed by atoms with Crippen LogP contribution in [0.15, 0.2) is 54.7 Å². The van der Waals surface area contributed by atoms with E-state index < -0.39 is 5.91 Å². The van der Waals surface area contributed by atoms with Crippen LogP contribution in [0, 0.1) is 0 Å². The lowest BCUT2D eigenvalue weighted by Crippen LogP contribution is -2.20. The number of benzene rings is 2. The van der Waals surface area contributed by atoms with Gasteiger partial charge < -0.3 is 20.4 Å². The van der Waals surface area contributed by atoms with Crippen molar-refractivity contribution in [2.45, 2.75) is 19.9 Å². The predicted molar refractivity (Wildman–Crippen MR) is 101 cm³/mol. The largest absolute Gasteiger partial charge is 0.483 e. The zero-order valence-electron chi connectivity index (χ0n) is 14.7. The van der Waals surface area contributed by atoms with E-state index in [0.29, 0.717) is 23.0 Å². The van der Waals surface area contributed by atoms with Crippen LogP contribution in [-0.2, 0) is 4.79 Å². The molecule has 26 heavy (non-hydrogen) atoms. The van der Waals surface area contributed by atoms with Crippen molar-refractivity contribution in [2.75, 3.05) is 11.9 Å². The molecule has 0 aliphatic carbocycles. The van der Waals surface area contributed by atoms with E-state index in [-0.39, 0.29) is 12.5 Å². The number of carbonyl (C=O) groups excluding carboxylic acids is 2. The van der Waals surface area contributed by atoms with Crippen LogP contribution in [0.2, 0.25) is 0 Å². The van der Waals surface area contributed by atoms with Gasteiger partial charge in [-0.25, -0.2) is 0 Å². The van der Waals surface area contributed by atoms with Crippen LogP contribution < -0.4 is 15.8 Å². The number of nitrogens with one attached hydrogen (secondary N) is 1. The van der Waals surface area contributed by atoms with Crippen LogP contribution in [0.3, 0.4) is 0 Å². The molecule has 0 bridgehead atoms. The van der Waals surface area contributed by atoms with E-state index in [1.54, 1.807) is 24.3 Å². The van der Waals surface area contributed by atoms with Gasteiger partial charge in [0.05, 0.1) is 5.52 Å². The summed E-state index contributed by atoms with van der Waals surface area (Å²) in [5, 5.41) is 3.70. The maximum absolute atomic E-state index is 12.1. The summed E-state index contributed by atoms with van der Waals surface area (Å²) in [4.78, 5) is 23.2. The number of nitrogens with zero attached hydrogens (tertiary/aromatic N) is 1. The number of fused-ring (bicyclic) bond motifs is 1. The van der Waals surface area contributed by atoms with Crippen LogP contribution in [-0.4, -0.2) is 23.0 Å². The highest BCUT2D eigenvalue weighted by molar-refractivity contribution is 5.95. The van der Waals surface area contributed by atoms with Crippen LogP contribution in [0.4, 0.5) is 5.69 Å². The third kappa shape index (κ3) is 3.69. The zero-order chi connectivity index (χ0) is 18.7. The average molecular weight is 351 g/mol. The minimum Gasteiger partial charge on any atom is -0.483 e. The molecule has 0 spiro atoms.